The molecule has 0 radical (unpaired) electrons. The Hall–Kier alpha value is -3.35. The van der Waals surface area contributed by atoms with Gasteiger partial charge in [0.05, 0.1) is 6.54 Å². The summed E-state index contributed by atoms with van der Waals surface area (Å²) in [6.07, 6.45) is 0.402. The van der Waals surface area contributed by atoms with Gasteiger partial charge < -0.3 is 20.9 Å². The van der Waals surface area contributed by atoms with Crippen LogP contribution in [0, 0.1) is 0 Å². The van der Waals surface area contributed by atoms with E-state index in [-0.39, 0.29) is 24.3 Å². The first kappa shape index (κ1) is 20.0. The zero-order valence-corrected chi connectivity index (χ0v) is 15.7. The quantitative estimate of drug-likeness (QED) is 0.701. The molecule has 2 rings (SSSR count). The Kier molecular flexibility index (Phi) is 6.93. The fraction of sp³-hybridized carbons (Fsp3) is 0.250. The molecule has 142 valence electrons. The minimum atomic E-state index is -0.218. The lowest BCUT2D eigenvalue weighted by Crippen LogP contribution is -2.23. The predicted molar refractivity (Wildman–Crippen MR) is 107 cm³/mol. The molecule has 27 heavy (non-hydrogen) atoms. The standard InChI is InChI=1S/C20H24N4O3/c1-4-18(25)23-17-7-5-6-16(12-17)21-13-19(26)22-15-10-8-14(9-11-15)20(27)24(2)3/h5-12,21H,4,13H2,1-3H3,(H,22,26)(H,23,25). The van der Waals surface area contributed by atoms with Crippen molar-refractivity contribution in [2.75, 3.05) is 36.6 Å². The summed E-state index contributed by atoms with van der Waals surface area (Å²) < 4.78 is 0. The molecule has 0 aliphatic heterocycles. The Morgan fingerprint density at radius 2 is 1.48 bits per heavy atom. The van der Waals surface area contributed by atoms with Gasteiger partial charge in [0.15, 0.2) is 0 Å². The summed E-state index contributed by atoms with van der Waals surface area (Å²) in [6, 6.07) is 13.9. The Morgan fingerprint density at radius 3 is 2.11 bits per heavy atom. The van der Waals surface area contributed by atoms with Gasteiger partial charge in [-0.1, -0.05) is 13.0 Å². The highest BCUT2D eigenvalue weighted by Crippen LogP contribution is 2.15. The molecule has 0 atom stereocenters. The van der Waals surface area contributed by atoms with Gasteiger partial charge in [0.25, 0.3) is 5.91 Å². The van der Waals surface area contributed by atoms with Crippen LogP contribution in [0.3, 0.4) is 0 Å². The number of carbonyl (C=O) groups excluding carboxylic acids is 3. The van der Waals surface area contributed by atoms with Gasteiger partial charge in [-0.2, -0.15) is 0 Å². The zero-order valence-electron chi connectivity index (χ0n) is 15.7. The van der Waals surface area contributed by atoms with Gasteiger partial charge in [0.1, 0.15) is 0 Å². The molecule has 0 saturated heterocycles. The summed E-state index contributed by atoms with van der Waals surface area (Å²) in [4.78, 5) is 36.9. The monoisotopic (exact) mass is 368 g/mol. The molecule has 0 aromatic heterocycles. The highest BCUT2D eigenvalue weighted by molar-refractivity contribution is 5.96. The van der Waals surface area contributed by atoms with Crippen LogP contribution >= 0.6 is 0 Å². The average Bonchev–Trinajstić information content (AvgIpc) is 2.66. The molecular formula is C20H24N4O3. The first-order valence-electron chi connectivity index (χ1n) is 8.64. The second-order valence-corrected chi connectivity index (χ2v) is 6.16. The van der Waals surface area contributed by atoms with E-state index in [1.807, 2.05) is 6.07 Å². The van der Waals surface area contributed by atoms with Crippen LogP contribution in [0.25, 0.3) is 0 Å². The molecule has 2 aromatic rings. The van der Waals surface area contributed by atoms with Gasteiger partial charge in [-0.15, -0.1) is 0 Å². The molecule has 0 unspecified atom stereocenters. The first-order valence-corrected chi connectivity index (χ1v) is 8.64. The normalized spacial score (nSPS) is 10.0. The molecule has 3 amide bonds. The minimum absolute atomic E-state index is 0.0684. The SMILES string of the molecule is CCC(=O)Nc1cccc(NCC(=O)Nc2ccc(C(=O)N(C)C)cc2)c1. The molecule has 0 saturated carbocycles. The zero-order chi connectivity index (χ0) is 19.8. The Balaban J connectivity index is 1.88. The van der Waals surface area contributed by atoms with Crippen LogP contribution in [0.1, 0.15) is 23.7 Å². The molecule has 0 fully saturated rings. The van der Waals surface area contributed by atoms with Gasteiger partial charge >= 0.3 is 0 Å². The van der Waals surface area contributed by atoms with Crippen LogP contribution in [0.15, 0.2) is 48.5 Å². The number of benzene rings is 2. The van der Waals surface area contributed by atoms with Gasteiger partial charge in [-0.3, -0.25) is 14.4 Å². The van der Waals surface area contributed by atoms with E-state index in [1.54, 1.807) is 63.5 Å². The fourth-order valence-corrected chi connectivity index (χ4v) is 2.30. The van der Waals surface area contributed by atoms with Gasteiger partial charge in [0.2, 0.25) is 11.8 Å². The van der Waals surface area contributed by atoms with Crippen LogP contribution in [0.5, 0.6) is 0 Å². The Morgan fingerprint density at radius 1 is 0.852 bits per heavy atom. The molecule has 0 aliphatic rings. The van der Waals surface area contributed by atoms with E-state index in [2.05, 4.69) is 16.0 Å². The highest BCUT2D eigenvalue weighted by atomic mass is 16.2. The third-order valence-electron chi connectivity index (χ3n) is 3.74. The van der Waals surface area contributed by atoms with E-state index in [9.17, 15) is 14.4 Å². The van der Waals surface area contributed by atoms with Gasteiger partial charge in [-0.25, -0.2) is 0 Å². The first-order chi connectivity index (χ1) is 12.9. The van der Waals surface area contributed by atoms with Crippen molar-refractivity contribution in [1.82, 2.24) is 4.90 Å². The third-order valence-corrected chi connectivity index (χ3v) is 3.74. The second kappa shape index (κ2) is 9.38. The topological polar surface area (TPSA) is 90.5 Å². The second-order valence-electron chi connectivity index (χ2n) is 6.16. The largest absolute Gasteiger partial charge is 0.376 e. The number of hydrogen-bond donors (Lipinski definition) is 3. The van der Waals surface area contributed by atoms with E-state index < -0.39 is 0 Å². The summed E-state index contributed by atoms with van der Waals surface area (Å²) >= 11 is 0. The molecule has 3 N–H and O–H groups in total. The molecule has 0 bridgehead atoms. The maximum atomic E-state index is 12.1. The lowest BCUT2D eigenvalue weighted by atomic mass is 10.2. The number of rotatable bonds is 7. The van der Waals surface area contributed by atoms with E-state index in [1.165, 1.54) is 4.90 Å². The maximum absolute atomic E-state index is 12.1. The highest BCUT2D eigenvalue weighted by Gasteiger charge is 2.08. The van der Waals surface area contributed by atoms with Crippen molar-refractivity contribution < 1.29 is 14.4 Å². The van der Waals surface area contributed by atoms with Crippen molar-refractivity contribution in [2.24, 2.45) is 0 Å². The lowest BCUT2D eigenvalue weighted by molar-refractivity contribution is -0.116. The number of amides is 3. The average molecular weight is 368 g/mol. The summed E-state index contributed by atoms with van der Waals surface area (Å²) in [5.74, 6) is -0.379. The lowest BCUT2D eigenvalue weighted by Gasteiger charge is -2.12. The summed E-state index contributed by atoms with van der Waals surface area (Å²) in [6.45, 7) is 1.86. The maximum Gasteiger partial charge on any atom is 0.253 e. The van der Waals surface area contributed by atoms with Crippen molar-refractivity contribution in [3.63, 3.8) is 0 Å². The molecule has 7 nitrogen and oxygen atoms in total. The van der Waals surface area contributed by atoms with Gasteiger partial charge in [0, 0.05) is 43.1 Å². The number of anilines is 3. The molecule has 0 aliphatic carbocycles. The van der Waals surface area contributed by atoms with Crippen LogP contribution in [-0.2, 0) is 9.59 Å². The van der Waals surface area contributed by atoms with Crippen LogP contribution in [-0.4, -0.2) is 43.3 Å². The molecule has 7 heteroatoms. The van der Waals surface area contributed by atoms with E-state index in [4.69, 9.17) is 0 Å². The van der Waals surface area contributed by atoms with Crippen molar-refractivity contribution in [2.45, 2.75) is 13.3 Å². The molecular weight excluding hydrogens is 344 g/mol. The van der Waals surface area contributed by atoms with E-state index in [0.29, 0.717) is 23.4 Å². The smallest absolute Gasteiger partial charge is 0.253 e. The number of nitrogens with zero attached hydrogens (tertiary/aromatic N) is 1. The van der Waals surface area contributed by atoms with Crippen molar-refractivity contribution in [1.29, 1.82) is 0 Å². The van der Waals surface area contributed by atoms with Crippen molar-refractivity contribution in [3.05, 3.63) is 54.1 Å². The Bertz CT molecular complexity index is 816. The number of hydrogen-bond acceptors (Lipinski definition) is 4. The fourth-order valence-electron chi connectivity index (χ4n) is 2.30. The Labute approximate surface area is 158 Å². The van der Waals surface area contributed by atoms with Crippen molar-refractivity contribution >= 4 is 34.8 Å². The number of nitrogens with one attached hydrogen (secondary N) is 3. The number of carbonyl (C=O) groups is 3. The summed E-state index contributed by atoms with van der Waals surface area (Å²) in [5.41, 5.74) is 2.57. The summed E-state index contributed by atoms with van der Waals surface area (Å²) in [5, 5.41) is 8.56. The predicted octanol–water partition coefficient (Wildman–Crippen LogP) is 2.79. The summed E-state index contributed by atoms with van der Waals surface area (Å²) in [7, 11) is 3.37. The van der Waals surface area contributed by atoms with Crippen LogP contribution < -0.4 is 16.0 Å². The van der Waals surface area contributed by atoms with Gasteiger partial charge in [-0.05, 0) is 42.5 Å². The van der Waals surface area contributed by atoms with Crippen LogP contribution in [0.4, 0.5) is 17.1 Å². The van der Waals surface area contributed by atoms with E-state index in [0.717, 1.165) is 5.69 Å². The van der Waals surface area contributed by atoms with Crippen molar-refractivity contribution in [3.8, 4) is 0 Å². The minimum Gasteiger partial charge on any atom is -0.376 e. The van der Waals surface area contributed by atoms with E-state index >= 15 is 0 Å². The molecule has 0 heterocycles. The van der Waals surface area contributed by atoms with Crippen LogP contribution in [0.2, 0.25) is 0 Å². The molecule has 0 spiro atoms. The molecule has 2 aromatic carbocycles. The third kappa shape index (κ3) is 6.14.